The summed E-state index contributed by atoms with van der Waals surface area (Å²) in [7, 11) is 0. The molecule has 7 nitrogen and oxygen atoms in total. The highest BCUT2D eigenvalue weighted by molar-refractivity contribution is 8.00. The number of carbonyl (C=O) groups is 2. The van der Waals surface area contributed by atoms with Gasteiger partial charge in [-0.3, -0.25) is 14.5 Å². The first-order valence-corrected chi connectivity index (χ1v) is 16.8. The van der Waals surface area contributed by atoms with Crippen LogP contribution in [0.1, 0.15) is 33.2 Å². The van der Waals surface area contributed by atoms with Gasteiger partial charge in [-0.25, -0.2) is 0 Å². The summed E-state index contributed by atoms with van der Waals surface area (Å²) in [6, 6.07) is 22.9. The van der Waals surface area contributed by atoms with Gasteiger partial charge in [-0.1, -0.05) is 82.7 Å². The van der Waals surface area contributed by atoms with E-state index in [0.717, 1.165) is 16.7 Å². The summed E-state index contributed by atoms with van der Waals surface area (Å²) in [5.41, 5.74) is 3.46. The van der Waals surface area contributed by atoms with Gasteiger partial charge < -0.3 is 9.84 Å². The highest BCUT2D eigenvalue weighted by atomic mass is 35.5. The van der Waals surface area contributed by atoms with Gasteiger partial charge in [0.15, 0.2) is 4.34 Å². The molecule has 1 fully saturated rings. The van der Waals surface area contributed by atoms with E-state index in [1.54, 1.807) is 36.4 Å². The van der Waals surface area contributed by atoms with E-state index in [2.05, 4.69) is 10.2 Å². The smallest absolute Gasteiger partial charge is 0.301 e. The summed E-state index contributed by atoms with van der Waals surface area (Å²) in [6.45, 7) is 2.43. The molecule has 44 heavy (non-hydrogen) atoms. The Bertz CT molecular complexity index is 1870. The molecule has 1 unspecified atom stereocenters. The van der Waals surface area contributed by atoms with E-state index in [9.17, 15) is 14.7 Å². The van der Waals surface area contributed by atoms with Gasteiger partial charge in [0.25, 0.3) is 5.78 Å². The minimum absolute atomic E-state index is 0.0108. The molecule has 3 aromatic carbocycles. The van der Waals surface area contributed by atoms with Gasteiger partial charge in [0.2, 0.25) is 5.13 Å². The van der Waals surface area contributed by atoms with Gasteiger partial charge in [-0.2, -0.15) is 0 Å². The zero-order chi connectivity index (χ0) is 30.8. The average Bonchev–Trinajstić information content (AvgIpc) is 3.77. The van der Waals surface area contributed by atoms with Gasteiger partial charge in [-0.15, -0.1) is 21.5 Å². The Labute approximate surface area is 275 Å². The molecular weight excluding hydrogens is 657 g/mol. The second-order valence-electron chi connectivity index (χ2n) is 9.80. The number of anilines is 1. The Balaban J connectivity index is 1.26. The number of aliphatic hydroxyl groups excluding tert-OH is 1. The van der Waals surface area contributed by atoms with Crippen LogP contribution in [0, 0.1) is 6.92 Å². The van der Waals surface area contributed by atoms with Crippen LogP contribution in [0.3, 0.4) is 0 Å². The molecule has 1 aliphatic heterocycles. The van der Waals surface area contributed by atoms with Crippen molar-refractivity contribution in [3.63, 3.8) is 0 Å². The molecule has 5 aromatic rings. The lowest BCUT2D eigenvalue weighted by Gasteiger charge is -2.20. The van der Waals surface area contributed by atoms with Crippen LogP contribution in [0.4, 0.5) is 5.13 Å². The van der Waals surface area contributed by atoms with Crippen LogP contribution in [-0.2, 0) is 21.9 Å². The maximum absolute atomic E-state index is 13.4. The Morgan fingerprint density at radius 3 is 2.52 bits per heavy atom. The van der Waals surface area contributed by atoms with E-state index in [-0.39, 0.29) is 16.5 Å². The minimum atomic E-state index is -0.858. The first kappa shape index (κ1) is 30.4. The van der Waals surface area contributed by atoms with Crippen LogP contribution in [-0.4, -0.2) is 27.0 Å². The highest BCUT2D eigenvalue weighted by Gasteiger charge is 2.48. The first-order valence-electron chi connectivity index (χ1n) is 13.3. The largest absolute Gasteiger partial charge is 0.507 e. The van der Waals surface area contributed by atoms with Crippen molar-refractivity contribution >= 4 is 80.2 Å². The van der Waals surface area contributed by atoms with Gasteiger partial charge in [0, 0.05) is 26.2 Å². The number of amides is 1. The third-order valence-corrected chi connectivity index (χ3v) is 10.6. The molecule has 1 aliphatic rings. The summed E-state index contributed by atoms with van der Waals surface area (Å²) in [4.78, 5) is 28.9. The number of ether oxygens (including phenoxy) is 1. The maximum atomic E-state index is 13.4. The molecule has 0 bridgehead atoms. The summed E-state index contributed by atoms with van der Waals surface area (Å²) < 4.78 is 6.53. The predicted octanol–water partition coefficient (Wildman–Crippen LogP) is 8.71. The van der Waals surface area contributed by atoms with Gasteiger partial charge in [0.05, 0.1) is 5.57 Å². The third-order valence-electron chi connectivity index (χ3n) is 7.01. The first-order chi connectivity index (χ1) is 21.3. The molecule has 1 amide bonds. The second kappa shape index (κ2) is 13.1. The minimum Gasteiger partial charge on any atom is -0.507 e. The van der Waals surface area contributed by atoms with Crippen LogP contribution in [0.5, 0.6) is 5.75 Å². The molecule has 1 atom stereocenters. The molecular formula is C32H23Cl2N3O4S3. The zero-order valence-electron chi connectivity index (χ0n) is 23.1. The van der Waals surface area contributed by atoms with Crippen molar-refractivity contribution in [3.05, 3.63) is 127 Å². The maximum Gasteiger partial charge on any atom is 0.301 e. The molecule has 0 aliphatic carbocycles. The average molecular weight is 681 g/mol. The number of nitrogens with zero attached hydrogens (tertiary/aromatic N) is 3. The van der Waals surface area contributed by atoms with Crippen LogP contribution in [0.2, 0.25) is 10.0 Å². The van der Waals surface area contributed by atoms with E-state index in [0.29, 0.717) is 42.9 Å². The molecule has 6 rings (SSSR count). The predicted molar refractivity (Wildman–Crippen MR) is 177 cm³/mol. The van der Waals surface area contributed by atoms with Crippen molar-refractivity contribution in [2.24, 2.45) is 0 Å². The molecule has 3 heterocycles. The number of benzene rings is 3. The second-order valence-corrected chi connectivity index (χ2v) is 13.8. The lowest BCUT2D eigenvalue weighted by atomic mass is 10.00. The molecule has 2 aromatic heterocycles. The molecule has 1 saturated heterocycles. The topological polar surface area (TPSA) is 92.6 Å². The van der Waals surface area contributed by atoms with E-state index < -0.39 is 17.7 Å². The molecule has 222 valence electrons. The van der Waals surface area contributed by atoms with Gasteiger partial charge in [-0.05, 0) is 71.5 Å². The monoisotopic (exact) mass is 679 g/mol. The number of ketones is 1. The van der Waals surface area contributed by atoms with Crippen molar-refractivity contribution in [2.45, 2.75) is 29.7 Å². The lowest BCUT2D eigenvalue weighted by Crippen LogP contribution is -2.29. The fraction of sp³-hybridized carbons (Fsp3) is 0.125. The Morgan fingerprint density at radius 2 is 1.80 bits per heavy atom. The number of aryl methyl sites for hydroxylation is 1. The van der Waals surface area contributed by atoms with E-state index >= 15 is 0 Å². The van der Waals surface area contributed by atoms with Crippen LogP contribution < -0.4 is 9.64 Å². The number of halogens is 2. The SMILES string of the molecule is Cc1ccccc1COc1ccc(C(O)=C2C(=O)C(=O)N(c3nnc(SCc4ccc(Cl)cc4Cl)s3)C2c2cccs2)cc1. The number of thiophene rings is 1. The van der Waals surface area contributed by atoms with Crippen LogP contribution in [0.25, 0.3) is 5.76 Å². The summed E-state index contributed by atoms with van der Waals surface area (Å²) in [6.07, 6.45) is 0. The number of thioether (sulfide) groups is 1. The number of carbonyl (C=O) groups excluding carboxylic acids is 2. The zero-order valence-corrected chi connectivity index (χ0v) is 27.0. The number of aliphatic hydroxyl groups is 1. The number of hydrogen-bond acceptors (Lipinski definition) is 9. The van der Waals surface area contributed by atoms with Crippen molar-refractivity contribution < 1.29 is 19.4 Å². The van der Waals surface area contributed by atoms with E-state index in [1.165, 1.54) is 39.3 Å². The standard InChI is InChI=1S/C32H23Cl2N3O4S3/c1-18-5-2-3-6-20(18)16-41-23-12-9-19(10-13-23)28(38)26-27(25-7-4-14-42-25)37(30(40)29(26)39)31-35-36-32(44-31)43-17-21-8-11-22(33)15-24(21)34/h2-15,27,38H,16-17H2,1H3. The molecule has 0 saturated carbocycles. The Kier molecular flexibility index (Phi) is 9.06. The molecule has 0 spiro atoms. The summed E-state index contributed by atoms with van der Waals surface area (Å²) >= 11 is 16.3. The Hall–Kier alpha value is -3.67. The number of hydrogen-bond donors (Lipinski definition) is 1. The van der Waals surface area contributed by atoms with Crippen LogP contribution in [0.15, 0.2) is 94.2 Å². The quantitative estimate of drug-likeness (QED) is 0.0548. The van der Waals surface area contributed by atoms with Crippen molar-refractivity contribution in [2.75, 3.05) is 4.90 Å². The lowest BCUT2D eigenvalue weighted by molar-refractivity contribution is -0.132. The fourth-order valence-electron chi connectivity index (χ4n) is 4.68. The molecule has 1 N–H and O–H groups in total. The Morgan fingerprint density at radius 1 is 1.00 bits per heavy atom. The van der Waals surface area contributed by atoms with Crippen molar-refractivity contribution in [1.29, 1.82) is 0 Å². The number of aromatic nitrogens is 2. The van der Waals surface area contributed by atoms with E-state index in [1.807, 2.05) is 54.8 Å². The normalized spacial score (nSPS) is 16.1. The van der Waals surface area contributed by atoms with Crippen molar-refractivity contribution in [3.8, 4) is 5.75 Å². The third kappa shape index (κ3) is 6.27. The molecule has 0 radical (unpaired) electrons. The van der Waals surface area contributed by atoms with E-state index in [4.69, 9.17) is 27.9 Å². The van der Waals surface area contributed by atoms with Gasteiger partial charge >= 0.3 is 5.91 Å². The molecule has 12 heteroatoms. The summed E-state index contributed by atoms with van der Waals surface area (Å²) in [5.74, 6) is -0.720. The fourth-order valence-corrected chi connectivity index (χ4v) is 7.93. The number of Topliss-reactive ketones (excluding diaryl/α,β-unsaturated/α-hetero) is 1. The van der Waals surface area contributed by atoms with Crippen molar-refractivity contribution in [1.82, 2.24) is 10.2 Å². The van der Waals surface area contributed by atoms with Gasteiger partial charge in [0.1, 0.15) is 24.2 Å². The number of rotatable bonds is 9. The highest BCUT2D eigenvalue weighted by Crippen LogP contribution is 2.45. The van der Waals surface area contributed by atoms with Crippen LogP contribution >= 0.6 is 57.6 Å². The summed E-state index contributed by atoms with van der Waals surface area (Å²) in [5, 5.41) is 23.1.